The lowest BCUT2D eigenvalue weighted by atomic mass is 10.1. The summed E-state index contributed by atoms with van der Waals surface area (Å²) in [6.45, 7) is 3.75. The lowest BCUT2D eigenvalue weighted by Gasteiger charge is -2.25. The minimum Gasteiger partial charge on any atom is -0.334 e. The number of hydrogen-bond acceptors (Lipinski definition) is 2. The first kappa shape index (κ1) is 14.2. The van der Waals surface area contributed by atoms with Gasteiger partial charge in [-0.2, -0.15) is 0 Å². The molecule has 2 rings (SSSR count). The third kappa shape index (κ3) is 3.02. The molecule has 1 aromatic carbocycles. The highest BCUT2D eigenvalue weighted by atomic mass is 19.1. The second-order valence-electron chi connectivity index (χ2n) is 4.81. The molecule has 0 bridgehead atoms. The number of rotatable bonds is 3. The Labute approximate surface area is 118 Å². The van der Waals surface area contributed by atoms with Crippen LogP contribution in [0.1, 0.15) is 34.7 Å². The van der Waals surface area contributed by atoms with Crippen LogP contribution >= 0.6 is 0 Å². The van der Waals surface area contributed by atoms with Crippen molar-refractivity contribution >= 4 is 5.91 Å². The van der Waals surface area contributed by atoms with Crippen molar-refractivity contribution in [2.75, 3.05) is 7.05 Å². The number of hydrogen-bond donors (Lipinski definition) is 0. The van der Waals surface area contributed by atoms with Crippen molar-refractivity contribution in [1.82, 2.24) is 9.88 Å². The fraction of sp³-hybridized carbons (Fsp3) is 0.250. The quantitative estimate of drug-likeness (QED) is 0.858. The molecule has 0 aliphatic heterocycles. The average molecular weight is 272 g/mol. The summed E-state index contributed by atoms with van der Waals surface area (Å²) in [4.78, 5) is 18.2. The Morgan fingerprint density at radius 3 is 2.45 bits per heavy atom. The first-order valence-electron chi connectivity index (χ1n) is 6.45. The summed E-state index contributed by atoms with van der Waals surface area (Å²) >= 11 is 0. The number of aromatic nitrogens is 1. The highest BCUT2D eigenvalue weighted by Crippen LogP contribution is 2.20. The standard InChI is InChI=1S/C16H17FN2O/c1-11-5-4-6-15(18-11)16(20)19(3)12(2)13-7-9-14(17)10-8-13/h4-10,12H,1-3H3. The number of nitrogens with zero attached hydrogens (tertiary/aromatic N) is 2. The van der Waals surface area contributed by atoms with Crippen LogP contribution in [0.5, 0.6) is 0 Å². The van der Waals surface area contributed by atoms with Crippen molar-refractivity contribution in [3.8, 4) is 0 Å². The third-order valence-corrected chi connectivity index (χ3v) is 3.36. The van der Waals surface area contributed by atoms with Gasteiger partial charge in [0.15, 0.2) is 0 Å². The fourth-order valence-electron chi connectivity index (χ4n) is 1.98. The van der Waals surface area contributed by atoms with E-state index in [0.29, 0.717) is 5.69 Å². The summed E-state index contributed by atoms with van der Waals surface area (Å²) in [5.41, 5.74) is 2.11. The van der Waals surface area contributed by atoms with Crippen LogP contribution in [0.4, 0.5) is 4.39 Å². The Hall–Kier alpha value is -2.23. The molecular formula is C16H17FN2O. The maximum Gasteiger partial charge on any atom is 0.272 e. The van der Waals surface area contributed by atoms with Gasteiger partial charge < -0.3 is 4.90 Å². The van der Waals surface area contributed by atoms with E-state index in [1.165, 1.54) is 12.1 Å². The normalized spacial score (nSPS) is 12.0. The molecule has 0 spiro atoms. The number of benzene rings is 1. The van der Waals surface area contributed by atoms with E-state index in [-0.39, 0.29) is 17.8 Å². The lowest BCUT2D eigenvalue weighted by molar-refractivity contribution is 0.0736. The predicted octanol–water partition coefficient (Wildman–Crippen LogP) is 3.36. The number of carbonyl (C=O) groups excluding carboxylic acids is 1. The van der Waals surface area contributed by atoms with Crippen LogP contribution < -0.4 is 0 Å². The highest BCUT2D eigenvalue weighted by molar-refractivity contribution is 5.92. The Morgan fingerprint density at radius 2 is 1.85 bits per heavy atom. The van der Waals surface area contributed by atoms with Gasteiger partial charge in [0.1, 0.15) is 11.5 Å². The molecule has 0 N–H and O–H groups in total. The van der Waals surface area contributed by atoms with Crippen LogP contribution in [-0.2, 0) is 0 Å². The van der Waals surface area contributed by atoms with Gasteiger partial charge >= 0.3 is 0 Å². The van der Waals surface area contributed by atoms with Crippen molar-refractivity contribution < 1.29 is 9.18 Å². The molecule has 1 heterocycles. The second-order valence-corrected chi connectivity index (χ2v) is 4.81. The molecule has 104 valence electrons. The molecule has 1 aromatic heterocycles. The molecule has 0 fully saturated rings. The minimum atomic E-state index is -0.282. The van der Waals surface area contributed by atoms with Gasteiger partial charge in [0.2, 0.25) is 0 Å². The van der Waals surface area contributed by atoms with Gasteiger partial charge in [-0.15, -0.1) is 0 Å². The maximum absolute atomic E-state index is 12.9. The van der Waals surface area contributed by atoms with Crippen LogP contribution in [0.2, 0.25) is 0 Å². The second kappa shape index (κ2) is 5.82. The van der Waals surface area contributed by atoms with Crippen molar-refractivity contribution in [3.63, 3.8) is 0 Å². The van der Waals surface area contributed by atoms with Gasteiger partial charge in [-0.3, -0.25) is 4.79 Å². The molecule has 1 unspecified atom stereocenters. The SMILES string of the molecule is Cc1cccc(C(=O)N(C)C(C)c2ccc(F)cc2)n1. The monoisotopic (exact) mass is 272 g/mol. The number of amides is 1. The summed E-state index contributed by atoms with van der Waals surface area (Å²) in [7, 11) is 1.72. The number of aryl methyl sites for hydroxylation is 1. The van der Waals surface area contributed by atoms with E-state index < -0.39 is 0 Å². The smallest absolute Gasteiger partial charge is 0.272 e. The summed E-state index contributed by atoms with van der Waals surface area (Å²) < 4.78 is 12.9. The Balaban J connectivity index is 2.20. The summed E-state index contributed by atoms with van der Waals surface area (Å²) in [5.74, 6) is -0.430. The first-order chi connectivity index (χ1) is 9.49. The van der Waals surface area contributed by atoms with Crippen LogP contribution in [0.25, 0.3) is 0 Å². The van der Waals surface area contributed by atoms with Gasteiger partial charge in [0.25, 0.3) is 5.91 Å². The molecule has 1 amide bonds. The lowest BCUT2D eigenvalue weighted by Crippen LogP contribution is -2.30. The summed E-state index contributed by atoms with van der Waals surface area (Å²) in [6.07, 6.45) is 0. The number of carbonyl (C=O) groups is 1. The fourth-order valence-corrected chi connectivity index (χ4v) is 1.98. The predicted molar refractivity (Wildman–Crippen MR) is 75.9 cm³/mol. The Bertz CT molecular complexity index is 610. The Morgan fingerprint density at radius 1 is 1.20 bits per heavy atom. The van der Waals surface area contributed by atoms with Gasteiger partial charge in [-0.1, -0.05) is 18.2 Å². The molecule has 1 atom stereocenters. The average Bonchev–Trinajstić information content (AvgIpc) is 2.46. The van der Waals surface area contributed by atoms with E-state index in [9.17, 15) is 9.18 Å². The molecule has 2 aromatic rings. The molecular weight excluding hydrogens is 255 g/mol. The van der Waals surface area contributed by atoms with Crippen molar-refractivity contribution in [2.24, 2.45) is 0 Å². The number of halogens is 1. The zero-order chi connectivity index (χ0) is 14.7. The van der Waals surface area contributed by atoms with Gasteiger partial charge in [-0.05, 0) is 43.7 Å². The van der Waals surface area contributed by atoms with Crippen molar-refractivity contribution in [3.05, 3.63) is 65.2 Å². The summed E-state index contributed by atoms with van der Waals surface area (Å²) in [6, 6.07) is 11.4. The zero-order valence-electron chi connectivity index (χ0n) is 11.8. The number of pyridine rings is 1. The van der Waals surface area contributed by atoms with Crippen LogP contribution in [0.3, 0.4) is 0 Å². The minimum absolute atomic E-state index is 0.148. The molecule has 0 saturated carbocycles. The van der Waals surface area contributed by atoms with Gasteiger partial charge in [-0.25, -0.2) is 9.37 Å². The molecule has 0 aliphatic rings. The van der Waals surface area contributed by atoms with E-state index in [0.717, 1.165) is 11.3 Å². The third-order valence-electron chi connectivity index (χ3n) is 3.36. The molecule has 0 radical (unpaired) electrons. The summed E-state index contributed by atoms with van der Waals surface area (Å²) in [5, 5.41) is 0. The molecule has 0 saturated heterocycles. The van der Waals surface area contributed by atoms with Crippen molar-refractivity contribution in [1.29, 1.82) is 0 Å². The zero-order valence-corrected chi connectivity index (χ0v) is 11.8. The van der Waals surface area contributed by atoms with Crippen LogP contribution in [0.15, 0.2) is 42.5 Å². The molecule has 4 heteroatoms. The van der Waals surface area contributed by atoms with Crippen LogP contribution in [-0.4, -0.2) is 22.8 Å². The topological polar surface area (TPSA) is 33.2 Å². The van der Waals surface area contributed by atoms with E-state index in [1.54, 1.807) is 30.1 Å². The largest absolute Gasteiger partial charge is 0.334 e. The highest BCUT2D eigenvalue weighted by Gasteiger charge is 2.19. The van der Waals surface area contributed by atoms with E-state index in [4.69, 9.17) is 0 Å². The maximum atomic E-state index is 12.9. The van der Waals surface area contributed by atoms with E-state index >= 15 is 0 Å². The van der Waals surface area contributed by atoms with E-state index in [1.807, 2.05) is 26.0 Å². The van der Waals surface area contributed by atoms with Gasteiger partial charge in [0, 0.05) is 12.7 Å². The van der Waals surface area contributed by atoms with Crippen LogP contribution in [0, 0.1) is 12.7 Å². The van der Waals surface area contributed by atoms with Crippen molar-refractivity contribution in [2.45, 2.75) is 19.9 Å². The molecule has 0 aliphatic carbocycles. The van der Waals surface area contributed by atoms with E-state index in [2.05, 4.69) is 4.98 Å². The first-order valence-corrected chi connectivity index (χ1v) is 6.45. The Kier molecular flexibility index (Phi) is 4.13. The molecule has 3 nitrogen and oxygen atoms in total. The molecule has 20 heavy (non-hydrogen) atoms. The van der Waals surface area contributed by atoms with Gasteiger partial charge in [0.05, 0.1) is 6.04 Å².